The summed E-state index contributed by atoms with van der Waals surface area (Å²) in [5.41, 5.74) is 0.254. The van der Waals surface area contributed by atoms with Crippen LogP contribution in [0.1, 0.15) is 12.5 Å². The zero-order valence-corrected chi connectivity index (χ0v) is 20.3. The average molecular weight is 480 g/mol. The molecular weight excluding hydrogens is 453 g/mol. The molecule has 5 rings (SSSR count). The number of nitrogens with one attached hydrogen (secondary N) is 1. The molecule has 0 radical (unpaired) electrons. The molecule has 1 N–H and O–H groups in total. The number of carbonyl (C=O) groups is 1. The molecule has 2 atom stereocenters. The largest absolute Gasteiger partial charge is 0.444 e. The van der Waals surface area contributed by atoms with Crippen LogP contribution in [0, 0.1) is 0 Å². The number of anilines is 1. The van der Waals surface area contributed by atoms with Crippen LogP contribution in [-0.4, -0.2) is 11.6 Å². The first kappa shape index (κ1) is 22.9. The van der Waals surface area contributed by atoms with Crippen molar-refractivity contribution in [2.24, 2.45) is 0 Å². The Morgan fingerprint density at radius 3 is 1.69 bits per heavy atom. The maximum absolute atomic E-state index is 15.3. The van der Waals surface area contributed by atoms with Gasteiger partial charge in [0.05, 0.1) is 11.4 Å². The highest BCUT2D eigenvalue weighted by Gasteiger charge is 2.56. The van der Waals surface area contributed by atoms with Gasteiger partial charge in [0.2, 0.25) is 0 Å². The number of carbonyl (C=O) groups excluding carboxylic acids is 1. The number of esters is 1. The molecule has 0 saturated heterocycles. The van der Waals surface area contributed by atoms with E-state index in [2.05, 4.69) is 5.32 Å². The number of cyclic esters (lactones) is 1. The van der Waals surface area contributed by atoms with Gasteiger partial charge in [-0.1, -0.05) is 116 Å². The summed E-state index contributed by atoms with van der Waals surface area (Å²) >= 11 is 0. The Kier molecular flexibility index (Phi) is 6.15. The van der Waals surface area contributed by atoms with Crippen LogP contribution in [-0.2, 0) is 19.7 Å². The van der Waals surface area contributed by atoms with E-state index in [1.807, 2.05) is 128 Å². The summed E-state index contributed by atoms with van der Waals surface area (Å²) in [6.07, 6.45) is 1.48. The number of hydrogen-bond donors (Lipinski definition) is 1. The zero-order valence-electron chi connectivity index (χ0n) is 19.4. The number of ether oxygens (including phenoxy) is 1. The van der Waals surface area contributed by atoms with Gasteiger partial charge in [-0.3, -0.25) is 0 Å². The highest BCUT2D eigenvalue weighted by Crippen LogP contribution is 2.59. The second kappa shape index (κ2) is 9.40. The van der Waals surface area contributed by atoms with Gasteiger partial charge in [-0.05, 0) is 12.1 Å². The molecule has 5 heteroatoms. The van der Waals surface area contributed by atoms with Gasteiger partial charge in [0.25, 0.3) is 0 Å². The van der Waals surface area contributed by atoms with Crippen LogP contribution < -0.4 is 15.9 Å². The molecule has 1 aliphatic heterocycles. The molecule has 0 aliphatic carbocycles. The Labute approximate surface area is 205 Å². The van der Waals surface area contributed by atoms with Crippen molar-refractivity contribution in [3.8, 4) is 0 Å². The van der Waals surface area contributed by atoms with Gasteiger partial charge in [-0.25, -0.2) is 4.79 Å². The summed E-state index contributed by atoms with van der Waals surface area (Å²) < 4.78 is 21.5. The molecule has 0 amide bonds. The molecule has 4 aromatic carbocycles. The summed E-state index contributed by atoms with van der Waals surface area (Å²) in [7, 11) is -3.32. The Balaban J connectivity index is 1.75. The summed E-state index contributed by atoms with van der Waals surface area (Å²) in [6.45, 7) is 1.92. The summed E-state index contributed by atoms with van der Waals surface area (Å²) in [5, 5.41) is 4.85. The van der Waals surface area contributed by atoms with Crippen molar-refractivity contribution in [3.05, 3.63) is 139 Å². The second-order valence-electron chi connectivity index (χ2n) is 8.58. The number of benzene rings is 4. The molecule has 35 heavy (non-hydrogen) atoms. The van der Waals surface area contributed by atoms with E-state index >= 15 is 4.57 Å². The Morgan fingerprint density at radius 2 is 1.17 bits per heavy atom. The van der Waals surface area contributed by atoms with Gasteiger partial charge in [-0.15, -0.1) is 0 Å². The SMILES string of the molecule is C[C@H]([C@]1(c2ccccc2)OC(=O)C=C1Nc1ccccc1)P(=O)(c1ccccc1)c1ccccc1. The van der Waals surface area contributed by atoms with Crippen LogP contribution in [0.25, 0.3) is 0 Å². The van der Waals surface area contributed by atoms with E-state index in [0.29, 0.717) is 5.70 Å². The Morgan fingerprint density at radius 1 is 0.714 bits per heavy atom. The van der Waals surface area contributed by atoms with Crippen LogP contribution in [0.2, 0.25) is 0 Å². The van der Waals surface area contributed by atoms with E-state index in [0.717, 1.165) is 21.9 Å². The fourth-order valence-corrected chi connectivity index (χ4v) is 8.15. The van der Waals surface area contributed by atoms with E-state index in [1.165, 1.54) is 6.08 Å². The fraction of sp³-hybridized carbons (Fsp3) is 0.100. The lowest BCUT2D eigenvalue weighted by molar-refractivity contribution is -0.146. The lowest BCUT2D eigenvalue weighted by atomic mass is 9.87. The van der Waals surface area contributed by atoms with Gasteiger partial charge in [0, 0.05) is 27.9 Å². The number of rotatable bonds is 7. The van der Waals surface area contributed by atoms with Crippen LogP contribution in [0.15, 0.2) is 133 Å². The molecule has 1 aliphatic rings. The normalized spacial score (nSPS) is 18.4. The highest BCUT2D eigenvalue weighted by atomic mass is 31.2. The van der Waals surface area contributed by atoms with Crippen LogP contribution in [0.4, 0.5) is 5.69 Å². The van der Waals surface area contributed by atoms with E-state index in [1.54, 1.807) is 0 Å². The molecule has 0 unspecified atom stereocenters. The third-order valence-electron chi connectivity index (χ3n) is 6.59. The minimum absolute atomic E-state index is 0.466. The fourth-order valence-electron chi connectivity index (χ4n) is 4.88. The predicted molar refractivity (Wildman–Crippen MR) is 142 cm³/mol. The van der Waals surface area contributed by atoms with Gasteiger partial charge < -0.3 is 14.6 Å². The van der Waals surface area contributed by atoms with Gasteiger partial charge in [-0.2, -0.15) is 0 Å². The lowest BCUT2D eigenvalue weighted by Crippen LogP contribution is -2.45. The lowest BCUT2D eigenvalue weighted by Gasteiger charge is -2.41. The first-order valence-electron chi connectivity index (χ1n) is 11.6. The Bertz CT molecular complexity index is 1350. The summed E-state index contributed by atoms with van der Waals surface area (Å²) in [6, 6.07) is 38.2. The number of para-hydroxylation sites is 1. The standard InChI is InChI=1S/C30H26NO3P/c1-23(35(33,26-18-10-4-11-19-26)27-20-12-5-13-21-27)30(24-14-6-2-7-15-24)28(22-29(32)34-30)31-25-16-8-3-9-17-25/h2-23,31H,1H3/t23-,30-/m1/s1. The molecule has 4 aromatic rings. The molecule has 0 fully saturated rings. The van der Waals surface area contributed by atoms with Crippen molar-refractivity contribution in [2.75, 3.05) is 5.32 Å². The molecule has 0 bridgehead atoms. The van der Waals surface area contributed by atoms with Crippen molar-refractivity contribution in [1.82, 2.24) is 0 Å². The van der Waals surface area contributed by atoms with Crippen LogP contribution in [0.5, 0.6) is 0 Å². The minimum atomic E-state index is -3.32. The number of hydrogen-bond acceptors (Lipinski definition) is 4. The zero-order chi connectivity index (χ0) is 24.3. The maximum atomic E-state index is 15.3. The smallest absolute Gasteiger partial charge is 0.333 e. The van der Waals surface area contributed by atoms with Crippen molar-refractivity contribution in [3.63, 3.8) is 0 Å². The molecule has 4 nitrogen and oxygen atoms in total. The van der Waals surface area contributed by atoms with Gasteiger partial charge in [0.15, 0.2) is 12.7 Å². The van der Waals surface area contributed by atoms with Crippen molar-refractivity contribution in [2.45, 2.75) is 18.2 Å². The summed E-state index contributed by atoms with van der Waals surface area (Å²) in [4.78, 5) is 12.9. The van der Waals surface area contributed by atoms with Crippen LogP contribution in [0.3, 0.4) is 0 Å². The highest BCUT2D eigenvalue weighted by molar-refractivity contribution is 7.79. The summed E-state index contributed by atoms with van der Waals surface area (Å²) in [5.74, 6) is -0.466. The van der Waals surface area contributed by atoms with E-state index in [9.17, 15) is 4.79 Å². The first-order valence-corrected chi connectivity index (χ1v) is 13.4. The third-order valence-corrected chi connectivity index (χ3v) is 10.2. The van der Waals surface area contributed by atoms with E-state index < -0.39 is 24.4 Å². The first-order chi connectivity index (χ1) is 17.0. The van der Waals surface area contributed by atoms with Crippen molar-refractivity contribution in [1.29, 1.82) is 0 Å². The quantitative estimate of drug-likeness (QED) is 0.267. The van der Waals surface area contributed by atoms with Crippen molar-refractivity contribution >= 4 is 29.4 Å². The molecule has 0 aromatic heterocycles. The third kappa shape index (κ3) is 4.00. The predicted octanol–water partition coefficient (Wildman–Crippen LogP) is 5.84. The van der Waals surface area contributed by atoms with Gasteiger partial charge >= 0.3 is 5.97 Å². The second-order valence-corrected chi connectivity index (χ2v) is 11.7. The monoisotopic (exact) mass is 479 g/mol. The maximum Gasteiger partial charge on any atom is 0.333 e. The Hall–Kier alpha value is -3.88. The molecule has 0 saturated carbocycles. The molecule has 174 valence electrons. The topological polar surface area (TPSA) is 55.4 Å². The minimum Gasteiger partial charge on any atom is -0.444 e. The molecular formula is C30H26NO3P. The molecule has 0 spiro atoms. The van der Waals surface area contributed by atoms with Crippen LogP contribution >= 0.6 is 7.14 Å². The van der Waals surface area contributed by atoms with E-state index in [-0.39, 0.29) is 0 Å². The van der Waals surface area contributed by atoms with E-state index in [4.69, 9.17) is 4.74 Å². The average Bonchev–Trinajstić information content (AvgIpc) is 3.26. The van der Waals surface area contributed by atoms with Crippen molar-refractivity contribution < 1.29 is 14.1 Å². The van der Waals surface area contributed by atoms with Gasteiger partial charge in [0.1, 0.15) is 0 Å². The molecule has 1 heterocycles.